The van der Waals surface area contributed by atoms with E-state index in [9.17, 15) is 0 Å². The minimum absolute atomic E-state index is 0.466. The summed E-state index contributed by atoms with van der Waals surface area (Å²) < 4.78 is 0. The minimum Gasteiger partial charge on any atom is -0.314 e. The van der Waals surface area contributed by atoms with Gasteiger partial charge in [0.25, 0.3) is 0 Å². The molecule has 0 aliphatic heterocycles. The fourth-order valence-corrected chi connectivity index (χ4v) is 3.96. The van der Waals surface area contributed by atoms with Crippen LogP contribution in [-0.2, 0) is 6.42 Å². The van der Waals surface area contributed by atoms with E-state index in [1.54, 1.807) is 0 Å². The summed E-state index contributed by atoms with van der Waals surface area (Å²) in [5, 5.41) is 3.75. The van der Waals surface area contributed by atoms with Crippen LogP contribution in [0.5, 0.6) is 0 Å². The van der Waals surface area contributed by atoms with E-state index < -0.39 is 0 Å². The molecule has 106 valence electrons. The molecule has 2 heteroatoms. The van der Waals surface area contributed by atoms with Crippen molar-refractivity contribution < 1.29 is 0 Å². The first-order valence-electron chi connectivity index (χ1n) is 7.49. The summed E-state index contributed by atoms with van der Waals surface area (Å²) >= 11 is 0. The van der Waals surface area contributed by atoms with E-state index in [-0.39, 0.29) is 0 Å². The molecule has 0 amide bonds. The average Bonchev–Trinajstić information content (AvgIpc) is 2.26. The van der Waals surface area contributed by atoms with Gasteiger partial charge in [0.2, 0.25) is 0 Å². The van der Waals surface area contributed by atoms with Crippen molar-refractivity contribution in [2.75, 3.05) is 6.54 Å². The van der Waals surface area contributed by atoms with Gasteiger partial charge in [0.1, 0.15) is 0 Å². The highest BCUT2D eigenvalue weighted by molar-refractivity contribution is 5.08. The monoisotopic (exact) mass is 260 g/mol. The minimum atomic E-state index is 0.466. The van der Waals surface area contributed by atoms with Crippen LogP contribution >= 0.6 is 0 Å². The molecule has 1 saturated carbocycles. The molecule has 1 aliphatic rings. The highest BCUT2D eigenvalue weighted by Gasteiger charge is 2.37. The normalized spacial score (nSPS) is 22.3. The Morgan fingerprint density at radius 2 is 1.89 bits per heavy atom. The van der Waals surface area contributed by atoms with E-state index in [4.69, 9.17) is 0 Å². The third-order valence-corrected chi connectivity index (χ3v) is 4.12. The Hall–Kier alpha value is -0.890. The Kier molecular flexibility index (Phi) is 4.29. The van der Waals surface area contributed by atoms with Gasteiger partial charge < -0.3 is 5.32 Å². The number of hydrogen-bond acceptors (Lipinski definition) is 2. The molecule has 0 radical (unpaired) electrons. The molecule has 19 heavy (non-hydrogen) atoms. The quantitative estimate of drug-likeness (QED) is 0.890. The summed E-state index contributed by atoms with van der Waals surface area (Å²) in [6.07, 6.45) is 8.80. The number of hydrogen-bond donors (Lipinski definition) is 1. The zero-order valence-electron chi connectivity index (χ0n) is 12.9. The molecule has 1 aromatic heterocycles. The highest BCUT2D eigenvalue weighted by atomic mass is 14.9. The van der Waals surface area contributed by atoms with Crippen molar-refractivity contribution in [3.8, 4) is 0 Å². The van der Waals surface area contributed by atoms with Crippen LogP contribution in [0.25, 0.3) is 0 Å². The zero-order valence-corrected chi connectivity index (χ0v) is 12.9. The number of nitrogens with zero attached hydrogens (tertiary/aromatic N) is 1. The highest BCUT2D eigenvalue weighted by Crippen LogP contribution is 2.45. The van der Waals surface area contributed by atoms with Gasteiger partial charge in [-0.1, -0.05) is 33.8 Å². The number of nitrogens with one attached hydrogen (secondary N) is 1. The van der Waals surface area contributed by atoms with Crippen molar-refractivity contribution in [2.24, 2.45) is 10.8 Å². The first-order valence-corrected chi connectivity index (χ1v) is 7.49. The van der Waals surface area contributed by atoms with Gasteiger partial charge in [-0.15, -0.1) is 0 Å². The fourth-order valence-electron chi connectivity index (χ4n) is 3.96. The standard InChI is InChI=1S/C17H28N2/c1-16(2)10-15(11-17(3,4)13-16)19-9-7-14-6-5-8-18-12-14/h5-6,8,12,15,19H,7,9-11,13H2,1-4H3. The van der Waals surface area contributed by atoms with Gasteiger partial charge in [0, 0.05) is 18.4 Å². The van der Waals surface area contributed by atoms with Gasteiger partial charge in [0.15, 0.2) is 0 Å². The first kappa shape index (κ1) is 14.5. The van der Waals surface area contributed by atoms with E-state index in [2.05, 4.69) is 44.1 Å². The fraction of sp³-hybridized carbons (Fsp3) is 0.706. The number of aromatic nitrogens is 1. The van der Waals surface area contributed by atoms with Gasteiger partial charge in [-0.25, -0.2) is 0 Å². The Morgan fingerprint density at radius 3 is 2.47 bits per heavy atom. The van der Waals surface area contributed by atoms with Gasteiger partial charge in [-0.3, -0.25) is 4.98 Å². The van der Waals surface area contributed by atoms with Crippen molar-refractivity contribution in [2.45, 2.75) is 59.4 Å². The van der Waals surface area contributed by atoms with E-state index in [1.807, 2.05) is 18.5 Å². The maximum Gasteiger partial charge on any atom is 0.0300 e. The number of pyridine rings is 1. The number of rotatable bonds is 4. The lowest BCUT2D eigenvalue weighted by Gasteiger charge is -2.45. The van der Waals surface area contributed by atoms with Crippen LogP contribution < -0.4 is 5.32 Å². The van der Waals surface area contributed by atoms with Crippen molar-refractivity contribution in [1.82, 2.24) is 10.3 Å². The van der Waals surface area contributed by atoms with Crippen molar-refractivity contribution in [1.29, 1.82) is 0 Å². The second-order valence-corrected chi connectivity index (χ2v) is 7.68. The second-order valence-electron chi connectivity index (χ2n) is 7.68. The molecule has 1 fully saturated rings. The van der Waals surface area contributed by atoms with Crippen LogP contribution in [0.4, 0.5) is 0 Å². The Bertz CT molecular complexity index is 379. The third kappa shape index (κ3) is 4.61. The summed E-state index contributed by atoms with van der Waals surface area (Å²) in [5.74, 6) is 0. The molecule has 0 bridgehead atoms. The van der Waals surface area contributed by atoms with Gasteiger partial charge >= 0.3 is 0 Å². The lowest BCUT2D eigenvalue weighted by atomic mass is 9.63. The molecule has 2 nitrogen and oxygen atoms in total. The first-order chi connectivity index (χ1) is 8.86. The van der Waals surface area contributed by atoms with Gasteiger partial charge in [-0.2, -0.15) is 0 Å². The molecule has 0 aromatic carbocycles. The lowest BCUT2D eigenvalue weighted by molar-refractivity contribution is 0.0854. The summed E-state index contributed by atoms with van der Waals surface area (Å²) in [7, 11) is 0. The van der Waals surface area contributed by atoms with Gasteiger partial charge in [-0.05, 0) is 54.7 Å². The molecular formula is C17H28N2. The third-order valence-electron chi connectivity index (χ3n) is 4.12. The predicted molar refractivity (Wildman–Crippen MR) is 81.1 cm³/mol. The molecule has 0 atom stereocenters. The van der Waals surface area contributed by atoms with Crippen LogP contribution in [0.15, 0.2) is 24.5 Å². The SMILES string of the molecule is CC1(C)CC(NCCc2cccnc2)CC(C)(C)C1. The maximum atomic E-state index is 4.17. The van der Waals surface area contributed by atoms with Crippen LogP contribution in [0.3, 0.4) is 0 Å². The molecule has 1 aromatic rings. The van der Waals surface area contributed by atoms with E-state index in [0.717, 1.165) is 13.0 Å². The average molecular weight is 260 g/mol. The van der Waals surface area contributed by atoms with E-state index in [1.165, 1.54) is 24.8 Å². The molecule has 1 heterocycles. The Balaban J connectivity index is 1.82. The summed E-state index contributed by atoms with van der Waals surface area (Å²) in [5.41, 5.74) is 2.26. The van der Waals surface area contributed by atoms with Crippen molar-refractivity contribution in [3.05, 3.63) is 30.1 Å². The molecule has 1 N–H and O–H groups in total. The van der Waals surface area contributed by atoms with Crippen LogP contribution in [-0.4, -0.2) is 17.6 Å². The van der Waals surface area contributed by atoms with Crippen molar-refractivity contribution in [3.63, 3.8) is 0 Å². The maximum absolute atomic E-state index is 4.17. The predicted octanol–water partition coefficient (Wildman–Crippen LogP) is 3.82. The molecule has 0 spiro atoms. The van der Waals surface area contributed by atoms with Crippen LogP contribution in [0.1, 0.15) is 52.5 Å². The topological polar surface area (TPSA) is 24.9 Å². The summed E-state index contributed by atoms with van der Waals surface area (Å²) in [6.45, 7) is 10.7. The van der Waals surface area contributed by atoms with E-state index >= 15 is 0 Å². The molecule has 0 unspecified atom stereocenters. The Morgan fingerprint density at radius 1 is 1.21 bits per heavy atom. The zero-order chi connectivity index (χ0) is 13.9. The lowest BCUT2D eigenvalue weighted by Crippen LogP contribution is -2.44. The van der Waals surface area contributed by atoms with Crippen LogP contribution in [0, 0.1) is 10.8 Å². The molecule has 2 rings (SSSR count). The van der Waals surface area contributed by atoms with E-state index in [0.29, 0.717) is 16.9 Å². The Labute approximate surface area is 118 Å². The van der Waals surface area contributed by atoms with Gasteiger partial charge in [0.05, 0.1) is 0 Å². The summed E-state index contributed by atoms with van der Waals surface area (Å²) in [4.78, 5) is 4.17. The molecule has 1 aliphatic carbocycles. The van der Waals surface area contributed by atoms with Crippen molar-refractivity contribution >= 4 is 0 Å². The largest absolute Gasteiger partial charge is 0.314 e. The second kappa shape index (κ2) is 5.62. The molecular weight excluding hydrogens is 232 g/mol. The van der Waals surface area contributed by atoms with Crippen LogP contribution in [0.2, 0.25) is 0 Å². The summed E-state index contributed by atoms with van der Waals surface area (Å²) in [6, 6.07) is 4.83. The smallest absolute Gasteiger partial charge is 0.0300 e. The molecule has 0 saturated heterocycles.